The normalized spacial score (nSPS) is 23.9. The molecule has 1 nitrogen and oxygen atoms in total. The Labute approximate surface area is 134 Å². The van der Waals surface area contributed by atoms with E-state index in [4.69, 9.17) is 0 Å². The van der Waals surface area contributed by atoms with E-state index >= 15 is 0 Å². The van der Waals surface area contributed by atoms with Crippen molar-refractivity contribution in [2.75, 3.05) is 20.1 Å². The van der Waals surface area contributed by atoms with Crippen LogP contribution in [-0.4, -0.2) is 25.0 Å². The molecule has 1 saturated heterocycles. The molecule has 0 radical (unpaired) electrons. The molecule has 1 aliphatic rings. The molecule has 1 rings (SSSR count). The third kappa shape index (κ3) is 7.68. The summed E-state index contributed by atoms with van der Waals surface area (Å²) in [5.74, 6) is 2.93. The molecule has 1 heterocycles. The topological polar surface area (TPSA) is 3.24 Å². The Morgan fingerprint density at radius 2 is 1.48 bits per heavy atom. The van der Waals surface area contributed by atoms with E-state index < -0.39 is 0 Å². The molecule has 2 atom stereocenters. The van der Waals surface area contributed by atoms with Crippen molar-refractivity contribution >= 4 is 0 Å². The van der Waals surface area contributed by atoms with Crippen LogP contribution in [0.3, 0.4) is 0 Å². The lowest BCUT2D eigenvalue weighted by Crippen LogP contribution is -2.39. The van der Waals surface area contributed by atoms with Crippen LogP contribution in [0.5, 0.6) is 0 Å². The highest BCUT2D eigenvalue weighted by Crippen LogP contribution is 2.35. The molecule has 21 heavy (non-hydrogen) atoms. The number of rotatable bonds is 11. The summed E-state index contributed by atoms with van der Waals surface area (Å²) in [5.41, 5.74) is 0. The molecule has 0 amide bonds. The van der Waals surface area contributed by atoms with Gasteiger partial charge in [0.15, 0.2) is 0 Å². The van der Waals surface area contributed by atoms with Crippen molar-refractivity contribution < 1.29 is 0 Å². The first-order chi connectivity index (χ1) is 10.2. The van der Waals surface area contributed by atoms with Gasteiger partial charge in [0, 0.05) is 6.54 Å². The number of likely N-dealkylation sites (tertiary alicyclic amines) is 1. The Morgan fingerprint density at radius 1 is 0.905 bits per heavy atom. The van der Waals surface area contributed by atoms with Gasteiger partial charge in [0.1, 0.15) is 0 Å². The highest BCUT2D eigenvalue weighted by atomic mass is 15.1. The van der Waals surface area contributed by atoms with E-state index in [0.29, 0.717) is 0 Å². The van der Waals surface area contributed by atoms with Crippen LogP contribution in [0.25, 0.3) is 0 Å². The van der Waals surface area contributed by atoms with Crippen molar-refractivity contribution in [1.29, 1.82) is 0 Å². The molecule has 0 aromatic rings. The summed E-state index contributed by atoms with van der Waals surface area (Å²) in [5, 5.41) is 0. The van der Waals surface area contributed by atoms with Gasteiger partial charge in [-0.05, 0) is 37.8 Å². The number of piperidine rings is 1. The van der Waals surface area contributed by atoms with E-state index in [1.807, 2.05) is 0 Å². The molecule has 1 fully saturated rings. The molecule has 1 heteroatoms. The number of hydrogen-bond donors (Lipinski definition) is 0. The van der Waals surface area contributed by atoms with Crippen LogP contribution in [-0.2, 0) is 0 Å². The fourth-order valence-electron chi connectivity index (χ4n) is 4.31. The molecule has 0 saturated carbocycles. The molecule has 1 aliphatic heterocycles. The van der Waals surface area contributed by atoms with Gasteiger partial charge in [0.05, 0.1) is 0 Å². The summed E-state index contributed by atoms with van der Waals surface area (Å²) in [6, 6.07) is 0. The van der Waals surface area contributed by atoms with Gasteiger partial charge in [-0.15, -0.1) is 0 Å². The Kier molecular flexibility index (Phi) is 10.4. The lowest BCUT2D eigenvalue weighted by molar-refractivity contribution is 0.0979. The summed E-state index contributed by atoms with van der Waals surface area (Å²) >= 11 is 0. The second kappa shape index (κ2) is 11.5. The molecular formula is C20H41N. The van der Waals surface area contributed by atoms with Gasteiger partial charge in [-0.3, -0.25) is 0 Å². The third-order valence-electron chi connectivity index (χ3n) is 5.64. The maximum absolute atomic E-state index is 2.53. The number of nitrogens with zero attached hydrogens (tertiary/aromatic N) is 1. The first-order valence-corrected chi connectivity index (χ1v) is 9.87. The smallest absolute Gasteiger partial charge is 0.000673 e. The lowest BCUT2D eigenvalue weighted by atomic mass is 9.73. The van der Waals surface area contributed by atoms with Crippen molar-refractivity contribution in [1.82, 2.24) is 4.90 Å². The average molecular weight is 296 g/mol. The lowest BCUT2D eigenvalue weighted by Gasteiger charge is -2.39. The molecule has 0 spiro atoms. The average Bonchev–Trinajstić information content (AvgIpc) is 2.46. The van der Waals surface area contributed by atoms with Crippen molar-refractivity contribution in [3.05, 3.63) is 0 Å². The fraction of sp³-hybridized carbons (Fsp3) is 1.00. The molecular weight excluding hydrogens is 254 g/mol. The first kappa shape index (κ1) is 19.0. The second-order valence-electron chi connectivity index (χ2n) is 7.65. The molecule has 2 unspecified atom stereocenters. The Morgan fingerprint density at radius 3 is 1.95 bits per heavy atom. The molecule has 126 valence electrons. The van der Waals surface area contributed by atoms with Crippen molar-refractivity contribution in [3.63, 3.8) is 0 Å². The van der Waals surface area contributed by atoms with Gasteiger partial charge in [-0.1, -0.05) is 85.0 Å². The minimum Gasteiger partial charge on any atom is -0.306 e. The quantitative estimate of drug-likeness (QED) is 0.414. The predicted molar refractivity (Wildman–Crippen MR) is 95.8 cm³/mol. The van der Waals surface area contributed by atoms with Gasteiger partial charge in [0.25, 0.3) is 0 Å². The molecule has 0 aromatic carbocycles. The van der Waals surface area contributed by atoms with Crippen molar-refractivity contribution in [3.8, 4) is 0 Å². The zero-order valence-electron chi connectivity index (χ0n) is 15.4. The van der Waals surface area contributed by atoms with Gasteiger partial charge < -0.3 is 4.90 Å². The van der Waals surface area contributed by atoms with Crippen molar-refractivity contribution in [2.45, 2.75) is 91.4 Å². The maximum Gasteiger partial charge on any atom is 0.000673 e. The van der Waals surface area contributed by atoms with E-state index in [-0.39, 0.29) is 0 Å². The minimum atomic E-state index is 0.908. The standard InChI is InChI=1S/C20H41N/c1-5-7-9-11-13-19(14-12-10-8-6-2)20-15-16-21(4)17-18(20)3/h18-20H,5-17H2,1-4H3. The SMILES string of the molecule is CCCCCCC(CCCCCC)C1CCN(C)CC1C. The van der Waals surface area contributed by atoms with Gasteiger partial charge in [-0.2, -0.15) is 0 Å². The molecule has 0 bridgehead atoms. The summed E-state index contributed by atoms with van der Waals surface area (Å²) in [6.45, 7) is 9.80. The Balaban J connectivity index is 2.41. The van der Waals surface area contributed by atoms with Crippen LogP contribution in [0.4, 0.5) is 0 Å². The minimum absolute atomic E-state index is 0.908. The Hall–Kier alpha value is -0.0400. The first-order valence-electron chi connectivity index (χ1n) is 9.87. The highest BCUT2D eigenvalue weighted by Gasteiger charge is 2.30. The van der Waals surface area contributed by atoms with Crippen LogP contribution >= 0.6 is 0 Å². The van der Waals surface area contributed by atoms with Gasteiger partial charge >= 0.3 is 0 Å². The van der Waals surface area contributed by atoms with Crippen LogP contribution in [0, 0.1) is 17.8 Å². The molecule has 0 aromatic heterocycles. The zero-order valence-corrected chi connectivity index (χ0v) is 15.4. The van der Waals surface area contributed by atoms with E-state index in [0.717, 1.165) is 17.8 Å². The third-order valence-corrected chi connectivity index (χ3v) is 5.64. The van der Waals surface area contributed by atoms with Gasteiger partial charge in [-0.25, -0.2) is 0 Å². The Bertz CT molecular complexity index is 226. The van der Waals surface area contributed by atoms with Crippen LogP contribution in [0.1, 0.15) is 91.4 Å². The predicted octanol–water partition coefficient (Wildman–Crippen LogP) is 6.13. The monoisotopic (exact) mass is 295 g/mol. The van der Waals surface area contributed by atoms with E-state index in [2.05, 4.69) is 32.7 Å². The second-order valence-corrected chi connectivity index (χ2v) is 7.65. The molecule has 0 aliphatic carbocycles. The van der Waals surface area contributed by atoms with Crippen LogP contribution in [0.15, 0.2) is 0 Å². The van der Waals surface area contributed by atoms with Crippen LogP contribution in [0.2, 0.25) is 0 Å². The number of unbranched alkanes of at least 4 members (excludes halogenated alkanes) is 6. The van der Waals surface area contributed by atoms with Gasteiger partial charge in [0.2, 0.25) is 0 Å². The summed E-state index contributed by atoms with van der Waals surface area (Å²) < 4.78 is 0. The zero-order chi connectivity index (χ0) is 15.5. The largest absolute Gasteiger partial charge is 0.306 e. The number of hydrogen-bond acceptors (Lipinski definition) is 1. The van der Waals surface area contributed by atoms with Crippen molar-refractivity contribution in [2.24, 2.45) is 17.8 Å². The van der Waals surface area contributed by atoms with E-state index in [1.54, 1.807) is 0 Å². The maximum atomic E-state index is 2.53. The highest BCUT2D eigenvalue weighted by molar-refractivity contribution is 4.81. The fourth-order valence-corrected chi connectivity index (χ4v) is 4.31. The summed E-state index contributed by atoms with van der Waals surface area (Å²) in [6.07, 6.45) is 15.9. The van der Waals surface area contributed by atoms with E-state index in [1.165, 1.54) is 83.7 Å². The summed E-state index contributed by atoms with van der Waals surface area (Å²) in [4.78, 5) is 2.53. The van der Waals surface area contributed by atoms with E-state index in [9.17, 15) is 0 Å². The molecule has 0 N–H and O–H groups in total. The van der Waals surface area contributed by atoms with Crippen LogP contribution < -0.4 is 0 Å². The summed E-state index contributed by atoms with van der Waals surface area (Å²) in [7, 11) is 2.30.